The van der Waals surface area contributed by atoms with Crippen molar-refractivity contribution >= 4 is 72.3 Å². The van der Waals surface area contributed by atoms with Crippen LogP contribution < -0.4 is 9.31 Å². The molecule has 0 atom stereocenters. The number of benzene rings is 8. The van der Waals surface area contributed by atoms with Gasteiger partial charge in [0.05, 0.1) is 11.4 Å². The first-order chi connectivity index (χ1) is 25.1. The Labute approximate surface area is 294 Å². The molecule has 5 heteroatoms. The number of nitrogens with zero attached hydrogens (tertiary/aromatic N) is 1. The highest BCUT2D eigenvalue weighted by molar-refractivity contribution is 6.45. The van der Waals surface area contributed by atoms with Gasteiger partial charge >= 0.3 is 7.12 Å². The van der Waals surface area contributed by atoms with Gasteiger partial charge in [0.15, 0.2) is 0 Å². The Morgan fingerprint density at radius 3 is 1.69 bits per heavy atom. The summed E-state index contributed by atoms with van der Waals surface area (Å²) in [5, 5.41) is 12.0. The summed E-state index contributed by atoms with van der Waals surface area (Å²) in [5.41, 5.74) is 7.73. The normalized spacial score (nSPS) is 14.2. The van der Waals surface area contributed by atoms with Crippen LogP contribution in [0.1, 0.15) is 16.8 Å². The summed E-state index contributed by atoms with van der Waals surface area (Å²) in [6.07, 6.45) is 4.24. The molecule has 9 aromatic rings. The van der Waals surface area contributed by atoms with Gasteiger partial charge in [0, 0.05) is 28.1 Å². The van der Waals surface area contributed by atoms with E-state index in [9.17, 15) is 0 Å². The van der Waals surface area contributed by atoms with Crippen molar-refractivity contribution in [2.45, 2.75) is 6.82 Å². The number of hydrogen-bond acceptors (Lipinski definition) is 3. The third kappa shape index (κ3) is 4.45. The SMILES string of the molecule is CB1Oc2cc3ccccc3cc2C2=NC(=C(c3cc4ccc5cccc6ccc(c3)c4c56)c3ccc([nH]3)-c3cc4ccccc4cc3O1)C=C2. The molecule has 1 aromatic heterocycles. The minimum absolute atomic E-state index is 0.571. The van der Waals surface area contributed by atoms with Gasteiger partial charge in [0.2, 0.25) is 0 Å². The summed E-state index contributed by atoms with van der Waals surface area (Å²) < 4.78 is 13.3. The first kappa shape index (κ1) is 28.3. The highest BCUT2D eigenvalue weighted by atomic mass is 16.6. The lowest BCUT2D eigenvalue weighted by Crippen LogP contribution is -2.26. The van der Waals surface area contributed by atoms with Gasteiger partial charge in [-0.1, -0.05) is 91.0 Å². The molecule has 2 aliphatic rings. The molecule has 238 valence electrons. The van der Waals surface area contributed by atoms with Crippen LogP contribution in [0.5, 0.6) is 11.5 Å². The number of rotatable bonds is 1. The van der Waals surface area contributed by atoms with Crippen LogP contribution in [0.2, 0.25) is 6.82 Å². The van der Waals surface area contributed by atoms with Crippen LogP contribution in [0.4, 0.5) is 0 Å². The van der Waals surface area contributed by atoms with Crippen LogP contribution in [0.25, 0.3) is 70.7 Å². The van der Waals surface area contributed by atoms with E-state index in [0.29, 0.717) is 0 Å². The van der Waals surface area contributed by atoms with E-state index in [1.165, 1.54) is 32.3 Å². The van der Waals surface area contributed by atoms with Crippen LogP contribution in [-0.4, -0.2) is 17.8 Å². The second-order valence-electron chi connectivity index (χ2n) is 13.6. The summed E-state index contributed by atoms with van der Waals surface area (Å²) in [4.78, 5) is 9.15. The highest BCUT2D eigenvalue weighted by Crippen LogP contribution is 2.42. The molecular weight excluding hydrogens is 623 g/mol. The molecule has 0 aliphatic carbocycles. The molecular formula is C46H29BN2O2. The first-order valence-corrected chi connectivity index (χ1v) is 17.4. The molecule has 0 spiro atoms. The van der Waals surface area contributed by atoms with Crippen LogP contribution in [0.15, 0.2) is 162 Å². The van der Waals surface area contributed by atoms with E-state index < -0.39 is 7.12 Å². The molecule has 0 saturated carbocycles. The van der Waals surface area contributed by atoms with Crippen molar-refractivity contribution in [1.82, 2.24) is 4.98 Å². The molecule has 0 amide bonds. The fraction of sp³-hybridized carbons (Fsp3) is 0.0217. The van der Waals surface area contributed by atoms with Crippen LogP contribution in [0.3, 0.4) is 0 Å². The molecule has 4 bridgehead atoms. The Bertz CT molecular complexity index is 2940. The van der Waals surface area contributed by atoms with Gasteiger partial charge in [-0.25, -0.2) is 4.99 Å². The summed E-state index contributed by atoms with van der Waals surface area (Å²) in [6, 6.07) is 49.8. The van der Waals surface area contributed by atoms with E-state index in [2.05, 4.69) is 157 Å². The Balaban J connectivity index is 1.19. The predicted molar refractivity (Wildman–Crippen MR) is 212 cm³/mol. The predicted octanol–water partition coefficient (Wildman–Crippen LogP) is 11.6. The Kier molecular flexibility index (Phi) is 5.93. The number of allylic oxidation sites excluding steroid dienone is 2. The number of aromatic nitrogens is 1. The van der Waals surface area contributed by atoms with Crippen molar-refractivity contribution in [3.63, 3.8) is 0 Å². The van der Waals surface area contributed by atoms with Gasteiger partial charge in [-0.05, 0) is 127 Å². The van der Waals surface area contributed by atoms with Crippen LogP contribution >= 0.6 is 0 Å². The van der Waals surface area contributed by atoms with Gasteiger partial charge in [0.25, 0.3) is 0 Å². The molecule has 4 nitrogen and oxygen atoms in total. The topological polar surface area (TPSA) is 46.6 Å². The van der Waals surface area contributed by atoms with Gasteiger partial charge in [-0.2, -0.15) is 0 Å². The number of nitrogens with one attached hydrogen (secondary N) is 1. The maximum Gasteiger partial charge on any atom is 0.591 e. The minimum Gasteiger partial charge on any atom is -0.525 e. The zero-order chi connectivity index (χ0) is 33.6. The lowest BCUT2D eigenvalue weighted by atomic mass is 9.90. The monoisotopic (exact) mass is 652 g/mol. The van der Waals surface area contributed by atoms with E-state index in [0.717, 1.165) is 78.1 Å². The fourth-order valence-electron chi connectivity index (χ4n) is 8.11. The van der Waals surface area contributed by atoms with Gasteiger partial charge < -0.3 is 14.3 Å². The van der Waals surface area contributed by atoms with Crippen molar-refractivity contribution in [3.8, 4) is 22.8 Å². The smallest absolute Gasteiger partial charge is 0.525 e. The molecule has 3 heterocycles. The van der Waals surface area contributed by atoms with E-state index >= 15 is 0 Å². The Morgan fingerprint density at radius 2 is 1.02 bits per heavy atom. The Morgan fingerprint density at radius 1 is 0.490 bits per heavy atom. The number of aromatic amines is 1. The number of hydrogen-bond donors (Lipinski definition) is 1. The second kappa shape index (κ2) is 10.7. The highest BCUT2D eigenvalue weighted by Gasteiger charge is 2.25. The molecule has 2 aliphatic heterocycles. The quantitative estimate of drug-likeness (QED) is 0.142. The van der Waals surface area contributed by atoms with Gasteiger partial charge in [-0.15, -0.1) is 0 Å². The zero-order valence-electron chi connectivity index (χ0n) is 27.8. The molecule has 0 saturated heterocycles. The minimum atomic E-state index is -0.571. The number of H-pyrrole nitrogens is 1. The molecule has 0 unspecified atom stereocenters. The third-order valence-electron chi connectivity index (χ3n) is 10.5. The summed E-state index contributed by atoms with van der Waals surface area (Å²) >= 11 is 0. The van der Waals surface area contributed by atoms with Gasteiger partial charge in [-0.3, -0.25) is 0 Å². The standard InChI is InChI=1S/C46H29BN2O2/c1-47-50-42-25-31-9-4-2-7-29(31)23-36(42)38-17-19-40(48-38)46(35-21-33-15-13-27-11-6-12-28-14-16-34(22-35)45(33)44(27)28)41-20-18-39(49-41)37-24-30-8-3-5-10-32(30)26-43(37)51-47/h2-26,48H,1H3. The van der Waals surface area contributed by atoms with E-state index in [1.54, 1.807) is 0 Å². The lowest BCUT2D eigenvalue weighted by Gasteiger charge is -2.19. The van der Waals surface area contributed by atoms with Crippen molar-refractivity contribution < 1.29 is 9.31 Å². The fourth-order valence-corrected chi connectivity index (χ4v) is 8.11. The summed E-state index contributed by atoms with van der Waals surface area (Å²) in [6.45, 7) is 1.95. The van der Waals surface area contributed by atoms with Crippen molar-refractivity contribution in [3.05, 3.63) is 174 Å². The first-order valence-electron chi connectivity index (χ1n) is 17.4. The van der Waals surface area contributed by atoms with Crippen molar-refractivity contribution in [2.24, 2.45) is 4.99 Å². The average Bonchev–Trinajstić information content (AvgIpc) is 3.84. The molecule has 51 heavy (non-hydrogen) atoms. The largest absolute Gasteiger partial charge is 0.591 e. The molecule has 1 N–H and O–H groups in total. The average molecular weight is 653 g/mol. The number of aliphatic imine (C=N–C) groups is 1. The zero-order valence-corrected chi connectivity index (χ0v) is 27.8. The van der Waals surface area contributed by atoms with Crippen molar-refractivity contribution in [2.75, 3.05) is 0 Å². The maximum absolute atomic E-state index is 6.67. The Hall–Kier alpha value is -6.59. The lowest BCUT2D eigenvalue weighted by molar-refractivity contribution is 0.432. The maximum atomic E-state index is 6.67. The molecule has 11 rings (SSSR count). The van der Waals surface area contributed by atoms with Crippen molar-refractivity contribution in [1.29, 1.82) is 0 Å². The molecule has 8 aromatic carbocycles. The summed E-state index contributed by atoms with van der Waals surface area (Å²) in [5.74, 6) is 1.49. The third-order valence-corrected chi connectivity index (χ3v) is 10.5. The van der Waals surface area contributed by atoms with E-state index in [4.69, 9.17) is 14.3 Å². The van der Waals surface area contributed by atoms with E-state index in [1.807, 2.05) is 6.82 Å². The van der Waals surface area contributed by atoms with Crippen LogP contribution in [-0.2, 0) is 0 Å². The summed E-state index contributed by atoms with van der Waals surface area (Å²) in [7, 11) is -0.571. The van der Waals surface area contributed by atoms with Crippen LogP contribution in [0, 0.1) is 0 Å². The van der Waals surface area contributed by atoms with Gasteiger partial charge in [0.1, 0.15) is 11.5 Å². The van der Waals surface area contributed by atoms with E-state index in [-0.39, 0.29) is 0 Å². The second-order valence-corrected chi connectivity index (χ2v) is 13.6. The molecule has 0 fully saturated rings. The molecule has 0 radical (unpaired) electrons. The number of fused-ring (bicyclic) bond motifs is 9.